The molecule has 1 N–H and O–H groups in total. The molecule has 2 heterocycles. The van der Waals surface area contributed by atoms with E-state index >= 15 is 0 Å². The topological polar surface area (TPSA) is 47.9 Å². The second-order valence-corrected chi connectivity index (χ2v) is 9.23. The number of fused-ring (bicyclic) bond motifs is 3. The van der Waals surface area contributed by atoms with E-state index in [0.717, 1.165) is 42.6 Å². The molecular formula is C28H38O4. The van der Waals surface area contributed by atoms with Crippen LogP contribution in [0.2, 0.25) is 0 Å². The molecule has 4 nitrogen and oxygen atoms in total. The van der Waals surface area contributed by atoms with Crippen LogP contribution >= 0.6 is 0 Å². The summed E-state index contributed by atoms with van der Waals surface area (Å²) < 4.78 is 18.3. The Morgan fingerprint density at radius 1 is 0.938 bits per heavy atom. The highest BCUT2D eigenvalue weighted by atomic mass is 16.5. The van der Waals surface area contributed by atoms with Crippen LogP contribution in [0.4, 0.5) is 0 Å². The number of aromatic hydroxyl groups is 1. The maximum absolute atomic E-state index is 10.0. The van der Waals surface area contributed by atoms with E-state index in [1.54, 1.807) is 6.07 Å². The van der Waals surface area contributed by atoms with Crippen molar-refractivity contribution in [3.8, 4) is 11.5 Å². The van der Waals surface area contributed by atoms with Gasteiger partial charge in [-0.3, -0.25) is 0 Å². The summed E-state index contributed by atoms with van der Waals surface area (Å²) in [7, 11) is 0. The summed E-state index contributed by atoms with van der Waals surface area (Å²) >= 11 is 0. The van der Waals surface area contributed by atoms with Gasteiger partial charge in [-0.1, -0.05) is 62.6 Å². The second-order valence-electron chi connectivity index (χ2n) is 9.23. The fraction of sp³-hybridized carbons (Fsp3) is 0.571. The lowest BCUT2D eigenvalue weighted by Crippen LogP contribution is -2.30. The van der Waals surface area contributed by atoms with Gasteiger partial charge in [-0.05, 0) is 50.2 Å². The van der Waals surface area contributed by atoms with Crippen LogP contribution in [0.15, 0.2) is 48.6 Å². The molecule has 174 valence electrons. The number of phenolic OH excluding ortho intramolecular Hbond substituents is 1. The molecule has 2 fully saturated rings. The SMILES string of the molecule is CCCCCCOC[C@H]1[C@@H](CC=CCCOc2ccc(O)c3ccccc23)[C@H]2CC[C@@H]1O2. The second kappa shape index (κ2) is 11.7. The van der Waals surface area contributed by atoms with Crippen LogP contribution in [0.3, 0.4) is 0 Å². The standard InChI is InChI=1S/C28H38O4/c1-2-3-4-9-18-30-20-24-23(27-16-17-28(24)32-27)12-6-5-10-19-31-26-15-14-25(29)21-11-7-8-13-22(21)26/h5-8,11,13-15,23-24,27-29H,2-4,9-10,12,16-20H2,1H3/t23-,24+,27-,28+/m1/s1. The predicted molar refractivity (Wildman–Crippen MR) is 129 cm³/mol. The lowest BCUT2D eigenvalue weighted by Gasteiger charge is -2.27. The third-order valence-corrected chi connectivity index (χ3v) is 7.02. The third-order valence-electron chi connectivity index (χ3n) is 7.02. The average molecular weight is 439 g/mol. The van der Waals surface area contributed by atoms with E-state index in [2.05, 4.69) is 19.1 Å². The van der Waals surface area contributed by atoms with E-state index in [-0.39, 0.29) is 0 Å². The zero-order chi connectivity index (χ0) is 22.2. The number of unbranched alkanes of at least 4 members (excludes halogenated alkanes) is 3. The lowest BCUT2D eigenvalue weighted by atomic mass is 9.78. The van der Waals surface area contributed by atoms with Crippen LogP contribution < -0.4 is 4.74 Å². The minimum Gasteiger partial charge on any atom is -0.507 e. The minimum atomic E-state index is 0.292. The highest BCUT2D eigenvalue weighted by Gasteiger charge is 2.48. The van der Waals surface area contributed by atoms with Crippen molar-refractivity contribution in [2.24, 2.45) is 11.8 Å². The van der Waals surface area contributed by atoms with Crippen molar-refractivity contribution in [2.45, 2.75) is 70.5 Å². The van der Waals surface area contributed by atoms with Gasteiger partial charge in [0.05, 0.1) is 25.4 Å². The van der Waals surface area contributed by atoms with Crippen LogP contribution in [0.25, 0.3) is 10.8 Å². The van der Waals surface area contributed by atoms with Gasteiger partial charge in [0.2, 0.25) is 0 Å². The monoisotopic (exact) mass is 438 g/mol. The summed E-state index contributed by atoms with van der Waals surface area (Å²) in [5, 5.41) is 11.8. The van der Waals surface area contributed by atoms with Gasteiger partial charge < -0.3 is 19.3 Å². The number of allylic oxidation sites excluding steroid dienone is 1. The largest absolute Gasteiger partial charge is 0.507 e. The summed E-state index contributed by atoms with van der Waals surface area (Å²) in [6.45, 7) is 4.61. The number of phenols is 1. The van der Waals surface area contributed by atoms with Gasteiger partial charge in [-0.25, -0.2) is 0 Å². The highest BCUT2D eigenvalue weighted by Crippen LogP contribution is 2.45. The summed E-state index contributed by atoms with van der Waals surface area (Å²) in [6, 6.07) is 11.4. The number of benzene rings is 2. The molecule has 2 aliphatic heterocycles. The Morgan fingerprint density at radius 3 is 2.59 bits per heavy atom. The van der Waals surface area contributed by atoms with Crippen LogP contribution in [-0.4, -0.2) is 37.1 Å². The first-order valence-electron chi connectivity index (χ1n) is 12.5. The molecule has 32 heavy (non-hydrogen) atoms. The fourth-order valence-corrected chi connectivity index (χ4v) is 5.27. The minimum absolute atomic E-state index is 0.292. The summed E-state index contributed by atoms with van der Waals surface area (Å²) in [5.41, 5.74) is 0. The molecule has 2 bridgehead atoms. The zero-order valence-corrected chi connectivity index (χ0v) is 19.4. The molecule has 0 aliphatic carbocycles. The van der Waals surface area contributed by atoms with E-state index in [4.69, 9.17) is 14.2 Å². The lowest BCUT2D eigenvalue weighted by molar-refractivity contribution is 0.0478. The van der Waals surface area contributed by atoms with Gasteiger partial charge in [-0.15, -0.1) is 0 Å². The molecule has 0 aromatic heterocycles. The molecule has 0 unspecified atom stereocenters. The molecular weight excluding hydrogens is 400 g/mol. The van der Waals surface area contributed by atoms with Gasteiger partial charge in [0.15, 0.2) is 0 Å². The van der Waals surface area contributed by atoms with Gasteiger partial charge in [0.25, 0.3) is 0 Å². The molecule has 2 saturated heterocycles. The first kappa shape index (κ1) is 23.1. The molecule has 2 aliphatic rings. The number of rotatable bonds is 13. The normalized spacial score (nSPS) is 24.7. The van der Waals surface area contributed by atoms with Crippen molar-refractivity contribution < 1.29 is 19.3 Å². The summed E-state index contributed by atoms with van der Waals surface area (Å²) in [5.74, 6) is 2.25. The highest BCUT2D eigenvalue weighted by molar-refractivity contribution is 5.92. The molecule has 0 radical (unpaired) electrons. The smallest absolute Gasteiger partial charge is 0.127 e. The third kappa shape index (κ3) is 5.65. The van der Waals surface area contributed by atoms with Crippen molar-refractivity contribution >= 4 is 10.8 Å². The number of ether oxygens (including phenoxy) is 3. The zero-order valence-electron chi connectivity index (χ0n) is 19.4. The van der Waals surface area contributed by atoms with Gasteiger partial charge >= 0.3 is 0 Å². The molecule has 4 atom stereocenters. The Labute approximate surface area is 192 Å². The maximum Gasteiger partial charge on any atom is 0.127 e. The van der Waals surface area contributed by atoms with Crippen LogP contribution in [0, 0.1) is 11.8 Å². The van der Waals surface area contributed by atoms with Crippen molar-refractivity contribution in [2.75, 3.05) is 19.8 Å². The van der Waals surface area contributed by atoms with E-state index < -0.39 is 0 Å². The van der Waals surface area contributed by atoms with E-state index in [1.165, 1.54) is 38.5 Å². The molecule has 2 aromatic rings. The predicted octanol–water partition coefficient (Wildman–Crippen LogP) is 6.65. The molecule has 0 amide bonds. The van der Waals surface area contributed by atoms with E-state index in [0.29, 0.717) is 36.4 Å². The Hall–Kier alpha value is -2.04. The van der Waals surface area contributed by atoms with Crippen LogP contribution in [-0.2, 0) is 9.47 Å². The molecule has 0 spiro atoms. The Kier molecular flexibility index (Phi) is 8.47. The van der Waals surface area contributed by atoms with Crippen LogP contribution in [0.1, 0.15) is 58.3 Å². The Bertz CT molecular complexity index is 877. The molecule has 4 rings (SSSR count). The van der Waals surface area contributed by atoms with Gasteiger partial charge in [0, 0.05) is 23.3 Å². The van der Waals surface area contributed by atoms with Crippen molar-refractivity contribution in [3.05, 3.63) is 48.6 Å². The summed E-state index contributed by atoms with van der Waals surface area (Å²) in [6.07, 6.45) is 14.7. The van der Waals surface area contributed by atoms with E-state index in [9.17, 15) is 5.11 Å². The first-order chi connectivity index (χ1) is 15.8. The summed E-state index contributed by atoms with van der Waals surface area (Å²) in [4.78, 5) is 0. The maximum atomic E-state index is 10.0. The molecule has 0 saturated carbocycles. The fourth-order valence-electron chi connectivity index (χ4n) is 5.27. The Balaban J connectivity index is 1.20. The average Bonchev–Trinajstić information content (AvgIpc) is 3.42. The molecule has 2 aromatic carbocycles. The van der Waals surface area contributed by atoms with E-state index in [1.807, 2.05) is 30.3 Å². The van der Waals surface area contributed by atoms with Gasteiger partial charge in [0.1, 0.15) is 11.5 Å². The Morgan fingerprint density at radius 2 is 1.75 bits per heavy atom. The molecule has 4 heteroatoms. The quantitative estimate of drug-likeness (QED) is 0.281. The van der Waals surface area contributed by atoms with Crippen molar-refractivity contribution in [1.29, 1.82) is 0 Å². The van der Waals surface area contributed by atoms with Gasteiger partial charge in [-0.2, -0.15) is 0 Å². The first-order valence-corrected chi connectivity index (χ1v) is 12.5. The van der Waals surface area contributed by atoms with Crippen LogP contribution in [0.5, 0.6) is 11.5 Å². The van der Waals surface area contributed by atoms with Crippen molar-refractivity contribution in [1.82, 2.24) is 0 Å². The van der Waals surface area contributed by atoms with Crippen molar-refractivity contribution in [3.63, 3.8) is 0 Å². The number of hydrogen-bond acceptors (Lipinski definition) is 4. The number of hydrogen-bond donors (Lipinski definition) is 1.